The number of pyridine rings is 2. The highest BCUT2D eigenvalue weighted by Crippen LogP contribution is 2.25. The van der Waals surface area contributed by atoms with Crippen LogP contribution in [0.15, 0.2) is 42.9 Å². The van der Waals surface area contributed by atoms with E-state index in [4.69, 9.17) is 0 Å². The zero-order valence-corrected chi connectivity index (χ0v) is 21.4. The molecule has 5 rings (SSSR count). The fourth-order valence-corrected chi connectivity index (χ4v) is 5.99. The van der Waals surface area contributed by atoms with Crippen LogP contribution in [0.4, 0.5) is 5.82 Å². The molecule has 36 heavy (non-hydrogen) atoms. The number of fused-ring (bicyclic) bond motifs is 1. The first kappa shape index (κ1) is 24.6. The Morgan fingerprint density at radius 1 is 1.06 bits per heavy atom. The predicted molar refractivity (Wildman–Crippen MR) is 144 cm³/mol. The van der Waals surface area contributed by atoms with Gasteiger partial charge < -0.3 is 20.4 Å². The van der Waals surface area contributed by atoms with Crippen molar-refractivity contribution in [3.63, 3.8) is 0 Å². The molecule has 190 valence electrons. The van der Waals surface area contributed by atoms with E-state index < -0.39 is 0 Å². The van der Waals surface area contributed by atoms with Gasteiger partial charge in [-0.15, -0.1) is 11.3 Å². The molecule has 2 saturated heterocycles. The van der Waals surface area contributed by atoms with Gasteiger partial charge in [0.1, 0.15) is 5.82 Å². The molecule has 2 aliphatic heterocycles. The Hall–Kier alpha value is -3.04. The number of piperidine rings is 1. The number of thiophene rings is 1. The fraction of sp³-hybridized carbons (Fsp3) is 0.481. The lowest BCUT2D eigenvalue weighted by Gasteiger charge is -2.32. The Balaban J connectivity index is 0.991. The molecular formula is C27H34N6O2S. The molecule has 0 saturated carbocycles. The molecule has 0 aromatic carbocycles. The Morgan fingerprint density at radius 3 is 2.64 bits per heavy atom. The summed E-state index contributed by atoms with van der Waals surface area (Å²) in [6.45, 7) is 6.14. The van der Waals surface area contributed by atoms with Crippen LogP contribution in [0.25, 0.3) is 10.1 Å². The SMILES string of the molecule is O=C(NCCCCC1CCN(C(=O)c2ccc(N3CCNCC3)nc2)CC1)c1cc2ccncc2s1. The minimum absolute atomic E-state index is 0.00141. The average molecular weight is 507 g/mol. The van der Waals surface area contributed by atoms with E-state index in [0.717, 1.165) is 92.2 Å². The highest BCUT2D eigenvalue weighted by Gasteiger charge is 2.24. The number of piperazine rings is 1. The summed E-state index contributed by atoms with van der Waals surface area (Å²) in [5.41, 5.74) is 0.679. The summed E-state index contributed by atoms with van der Waals surface area (Å²) in [7, 11) is 0. The zero-order valence-electron chi connectivity index (χ0n) is 20.6. The Bertz CT molecular complexity index is 1130. The molecule has 3 aromatic rings. The number of unbranched alkanes of at least 4 members (excludes halogenated alkanes) is 1. The second-order valence-electron chi connectivity index (χ2n) is 9.65. The van der Waals surface area contributed by atoms with Crippen LogP contribution in [-0.4, -0.2) is 72.5 Å². The second kappa shape index (κ2) is 11.8. The third-order valence-electron chi connectivity index (χ3n) is 7.21. The van der Waals surface area contributed by atoms with Gasteiger partial charge in [0.05, 0.1) is 15.1 Å². The number of amides is 2. The number of carbonyl (C=O) groups is 2. The topological polar surface area (TPSA) is 90.5 Å². The lowest BCUT2D eigenvalue weighted by atomic mass is 9.91. The fourth-order valence-electron chi connectivity index (χ4n) is 5.04. The Morgan fingerprint density at radius 2 is 1.89 bits per heavy atom. The molecule has 0 bridgehead atoms. The van der Waals surface area contributed by atoms with Crippen LogP contribution >= 0.6 is 11.3 Å². The minimum Gasteiger partial charge on any atom is -0.354 e. The van der Waals surface area contributed by atoms with Gasteiger partial charge in [0.2, 0.25) is 0 Å². The van der Waals surface area contributed by atoms with Crippen LogP contribution in [0.2, 0.25) is 0 Å². The quantitative estimate of drug-likeness (QED) is 0.454. The van der Waals surface area contributed by atoms with E-state index >= 15 is 0 Å². The third kappa shape index (κ3) is 6.02. The van der Waals surface area contributed by atoms with Crippen molar-refractivity contribution in [2.45, 2.75) is 32.1 Å². The van der Waals surface area contributed by atoms with Crippen LogP contribution in [0, 0.1) is 5.92 Å². The number of carbonyl (C=O) groups excluding carboxylic acids is 2. The van der Waals surface area contributed by atoms with Gasteiger partial charge in [0.25, 0.3) is 11.8 Å². The first-order chi connectivity index (χ1) is 17.7. The number of nitrogens with one attached hydrogen (secondary N) is 2. The minimum atomic E-state index is -0.00141. The summed E-state index contributed by atoms with van der Waals surface area (Å²) < 4.78 is 1.04. The molecule has 9 heteroatoms. The largest absolute Gasteiger partial charge is 0.354 e. The number of anilines is 1. The van der Waals surface area contributed by atoms with Crippen LogP contribution in [-0.2, 0) is 0 Å². The monoisotopic (exact) mass is 506 g/mol. The summed E-state index contributed by atoms with van der Waals surface area (Å²) in [5.74, 6) is 1.68. The summed E-state index contributed by atoms with van der Waals surface area (Å²) in [6.07, 6.45) is 10.6. The standard InChI is InChI=1S/C27H34N6O2S/c34-26(23-17-21-6-10-29-19-24(21)36-23)30-9-2-1-3-20-7-13-33(14-8-20)27(35)22-4-5-25(31-18-22)32-15-11-28-12-16-32/h4-6,10,17-20,28H,1-3,7-9,11-16H2,(H,30,34). The van der Waals surface area contributed by atoms with E-state index in [0.29, 0.717) is 18.0 Å². The highest BCUT2D eigenvalue weighted by molar-refractivity contribution is 7.20. The molecule has 0 radical (unpaired) electrons. The van der Waals surface area contributed by atoms with Crippen LogP contribution in [0.5, 0.6) is 0 Å². The average Bonchev–Trinajstić information content (AvgIpc) is 3.38. The predicted octanol–water partition coefficient (Wildman–Crippen LogP) is 3.55. The van der Waals surface area contributed by atoms with Crippen molar-refractivity contribution >= 4 is 39.1 Å². The molecule has 2 fully saturated rings. The number of hydrogen-bond donors (Lipinski definition) is 2. The van der Waals surface area contributed by atoms with Gasteiger partial charge in [-0.2, -0.15) is 0 Å². The maximum atomic E-state index is 13.0. The highest BCUT2D eigenvalue weighted by atomic mass is 32.1. The molecule has 2 aliphatic rings. The van der Waals surface area contributed by atoms with E-state index in [1.54, 1.807) is 18.6 Å². The van der Waals surface area contributed by atoms with E-state index in [2.05, 4.69) is 25.5 Å². The molecule has 5 heterocycles. The van der Waals surface area contributed by atoms with Crippen LogP contribution < -0.4 is 15.5 Å². The number of nitrogens with zero attached hydrogens (tertiary/aromatic N) is 4. The van der Waals surface area contributed by atoms with Crippen molar-refractivity contribution in [3.8, 4) is 0 Å². The summed E-state index contributed by atoms with van der Waals surface area (Å²) >= 11 is 1.48. The lowest BCUT2D eigenvalue weighted by Crippen LogP contribution is -2.44. The van der Waals surface area contributed by atoms with Crippen LogP contribution in [0.1, 0.15) is 52.1 Å². The normalized spacial score (nSPS) is 16.9. The summed E-state index contributed by atoms with van der Waals surface area (Å²) in [6, 6.07) is 7.76. The number of likely N-dealkylation sites (tertiary alicyclic amines) is 1. The number of hydrogen-bond acceptors (Lipinski definition) is 7. The van der Waals surface area contributed by atoms with E-state index in [9.17, 15) is 9.59 Å². The maximum Gasteiger partial charge on any atom is 0.261 e. The zero-order chi connectivity index (χ0) is 24.7. The smallest absolute Gasteiger partial charge is 0.261 e. The van der Waals surface area contributed by atoms with Gasteiger partial charge in [-0.3, -0.25) is 14.6 Å². The number of aromatic nitrogens is 2. The van der Waals surface area contributed by atoms with Crippen LogP contribution in [0.3, 0.4) is 0 Å². The van der Waals surface area contributed by atoms with Gasteiger partial charge >= 0.3 is 0 Å². The van der Waals surface area contributed by atoms with Crippen molar-refractivity contribution in [1.82, 2.24) is 25.5 Å². The molecule has 0 unspecified atom stereocenters. The van der Waals surface area contributed by atoms with Gasteiger partial charge in [-0.05, 0) is 54.8 Å². The van der Waals surface area contributed by atoms with Crippen molar-refractivity contribution in [1.29, 1.82) is 0 Å². The molecule has 3 aromatic heterocycles. The van der Waals surface area contributed by atoms with Gasteiger partial charge in [0, 0.05) is 64.4 Å². The maximum absolute atomic E-state index is 13.0. The molecule has 0 spiro atoms. The first-order valence-electron chi connectivity index (χ1n) is 13.0. The lowest BCUT2D eigenvalue weighted by molar-refractivity contribution is 0.0685. The van der Waals surface area contributed by atoms with Gasteiger partial charge in [-0.25, -0.2) is 4.98 Å². The molecular weight excluding hydrogens is 472 g/mol. The molecule has 0 atom stereocenters. The van der Waals surface area contributed by atoms with E-state index in [-0.39, 0.29) is 11.8 Å². The van der Waals surface area contributed by atoms with E-state index in [1.165, 1.54) is 11.3 Å². The van der Waals surface area contributed by atoms with Gasteiger partial charge in [-0.1, -0.05) is 12.8 Å². The van der Waals surface area contributed by atoms with Crippen molar-refractivity contribution in [2.75, 3.05) is 50.7 Å². The molecule has 2 N–H and O–H groups in total. The molecule has 8 nitrogen and oxygen atoms in total. The first-order valence-corrected chi connectivity index (χ1v) is 13.8. The summed E-state index contributed by atoms with van der Waals surface area (Å²) in [4.78, 5) is 39.0. The third-order valence-corrected chi connectivity index (χ3v) is 8.29. The van der Waals surface area contributed by atoms with E-state index in [1.807, 2.05) is 29.2 Å². The molecule has 2 amide bonds. The van der Waals surface area contributed by atoms with Crippen molar-refractivity contribution in [2.24, 2.45) is 5.92 Å². The van der Waals surface area contributed by atoms with Crippen molar-refractivity contribution in [3.05, 3.63) is 53.3 Å². The van der Waals surface area contributed by atoms with Crippen molar-refractivity contribution < 1.29 is 9.59 Å². The Labute approximate surface area is 216 Å². The molecule has 0 aliphatic carbocycles. The van der Waals surface area contributed by atoms with Gasteiger partial charge in [0.15, 0.2) is 0 Å². The number of rotatable bonds is 8. The second-order valence-corrected chi connectivity index (χ2v) is 10.7. The summed E-state index contributed by atoms with van der Waals surface area (Å²) in [5, 5.41) is 7.46. The Kier molecular flexibility index (Phi) is 8.08.